The lowest BCUT2D eigenvalue weighted by atomic mass is 10.1. The first kappa shape index (κ1) is 16.6. The van der Waals surface area contributed by atoms with E-state index < -0.39 is 0 Å². The molecule has 3 rings (SSSR count). The van der Waals surface area contributed by atoms with E-state index in [-0.39, 0.29) is 18.6 Å². The van der Waals surface area contributed by atoms with Crippen LogP contribution < -0.4 is 20.1 Å². The molecule has 2 aromatic rings. The van der Waals surface area contributed by atoms with Gasteiger partial charge in [-0.05, 0) is 48.4 Å². The van der Waals surface area contributed by atoms with Gasteiger partial charge in [0.15, 0.2) is 6.61 Å². The Morgan fingerprint density at radius 2 is 2.17 bits per heavy atom. The molecule has 0 aromatic heterocycles. The van der Waals surface area contributed by atoms with Crippen molar-refractivity contribution in [2.45, 2.75) is 19.5 Å². The molecule has 0 unspecified atom stereocenters. The minimum absolute atomic E-state index is 0.0640. The number of carbonyl (C=O) groups is 1. The molecular formula is C18H19ClN2O3. The Balaban J connectivity index is 1.70. The number of benzene rings is 2. The summed E-state index contributed by atoms with van der Waals surface area (Å²) in [5, 5.41) is 6.95. The standard InChI is InChI=1S/C18H19ClN2O3/c1-11(20-9-13-7-14(23-2)4-5-15(13)19)12-3-6-17-16(8-12)21-18(22)10-24-17/h3-8,11,20H,9-10H2,1-2H3,(H,21,22)/t11-/m0/s1. The summed E-state index contributed by atoms with van der Waals surface area (Å²) in [7, 11) is 1.63. The summed E-state index contributed by atoms with van der Waals surface area (Å²) < 4.78 is 10.6. The second kappa shape index (κ2) is 7.11. The van der Waals surface area contributed by atoms with Crippen molar-refractivity contribution in [2.75, 3.05) is 19.0 Å². The molecule has 0 aliphatic carbocycles. The highest BCUT2D eigenvalue weighted by atomic mass is 35.5. The molecule has 126 valence electrons. The van der Waals surface area contributed by atoms with Crippen molar-refractivity contribution in [3.05, 3.63) is 52.5 Å². The number of rotatable bonds is 5. The first-order chi connectivity index (χ1) is 11.6. The molecule has 5 nitrogen and oxygen atoms in total. The minimum atomic E-state index is -0.136. The molecule has 1 atom stereocenters. The normalized spacial score (nSPS) is 14.4. The summed E-state index contributed by atoms with van der Waals surface area (Å²) in [6, 6.07) is 11.5. The molecular weight excluding hydrogens is 328 g/mol. The summed E-state index contributed by atoms with van der Waals surface area (Å²) >= 11 is 6.23. The molecule has 1 amide bonds. The Morgan fingerprint density at radius 1 is 1.33 bits per heavy atom. The third-order valence-electron chi connectivity index (χ3n) is 3.99. The van der Waals surface area contributed by atoms with E-state index in [4.69, 9.17) is 21.1 Å². The van der Waals surface area contributed by atoms with Crippen LogP contribution in [0.3, 0.4) is 0 Å². The van der Waals surface area contributed by atoms with Crippen LogP contribution in [-0.4, -0.2) is 19.6 Å². The van der Waals surface area contributed by atoms with Crippen molar-refractivity contribution in [1.29, 1.82) is 0 Å². The topological polar surface area (TPSA) is 59.6 Å². The van der Waals surface area contributed by atoms with Crippen molar-refractivity contribution >= 4 is 23.2 Å². The van der Waals surface area contributed by atoms with Crippen LogP contribution >= 0.6 is 11.6 Å². The number of carbonyl (C=O) groups excluding carboxylic acids is 1. The number of nitrogens with one attached hydrogen (secondary N) is 2. The third-order valence-corrected chi connectivity index (χ3v) is 4.36. The number of fused-ring (bicyclic) bond motifs is 1. The minimum Gasteiger partial charge on any atom is -0.497 e. The van der Waals surface area contributed by atoms with Gasteiger partial charge in [-0.1, -0.05) is 17.7 Å². The van der Waals surface area contributed by atoms with Gasteiger partial charge in [-0.15, -0.1) is 0 Å². The van der Waals surface area contributed by atoms with E-state index in [1.54, 1.807) is 7.11 Å². The predicted molar refractivity (Wildman–Crippen MR) is 93.8 cm³/mol. The van der Waals surface area contributed by atoms with Crippen LogP contribution in [0.4, 0.5) is 5.69 Å². The lowest BCUT2D eigenvalue weighted by Crippen LogP contribution is -2.26. The lowest BCUT2D eigenvalue weighted by molar-refractivity contribution is -0.118. The predicted octanol–water partition coefficient (Wildman–Crippen LogP) is 3.53. The second-order valence-electron chi connectivity index (χ2n) is 5.65. The molecule has 0 spiro atoms. The zero-order chi connectivity index (χ0) is 17.1. The summed E-state index contributed by atoms with van der Waals surface area (Å²) in [5.41, 5.74) is 2.73. The van der Waals surface area contributed by atoms with Crippen LogP contribution in [0.15, 0.2) is 36.4 Å². The van der Waals surface area contributed by atoms with E-state index in [0.29, 0.717) is 23.0 Å². The highest BCUT2D eigenvalue weighted by Crippen LogP contribution is 2.31. The van der Waals surface area contributed by atoms with Crippen LogP contribution in [0.25, 0.3) is 0 Å². The van der Waals surface area contributed by atoms with Crippen LogP contribution in [0.2, 0.25) is 5.02 Å². The van der Waals surface area contributed by atoms with Crippen molar-refractivity contribution in [3.8, 4) is 11.5 Å². The van der Waals surface area contributed by atoms with Gasteiger partial charge in [-0.3, -0.25) is 4.79 Å². The van der Waals surface area contributed by atoms with Crippen LogP contribution in [0.1, 0.15) is 24.1 Å². The maximum Gasteiger partial charge on any atom is 0.262 e. The van der Waals surface area contributed by atoms with E-state index in [1.165, 1.54) is 0 Å². The maximum absolute atomic E-state index is 11.4. The Morgan fingerprint density at radius 3 is 2.96 bits per heavy atom. The van der Waals surface area contributed by atoms with Gasteiger partial charge in [0.25, 0.3) is 5.91 Å². The SMILES string of the molecule is COc1ccc(Cl)c(CN[C@@H](C)c2ccc3c(c2)NC(=O)CO3)c1. The van der Waals surface area contributed by atoms with Crippen LogP contribution in [0, 0.1) is 0 Å². The van der Waals surface area contributed by atoms with E-state index in [9.17, 15) is 4.79 Å². The molecule has 1 heterocycles. The summed E-state index contributed by atoms with van der Waals surface area (Å²) in [6.45, 7) is 2.73. The number of hydrogen-bond donors (Lipinski definition) is 2. The fourth-order valence-electron chi connectivity index (χ4n) is 2.56. The van der Waals surface area contributed by atoms with Gasteiger partial charge in [0.1, 0.15) is 11.5 Å². The van der Waals surface area contributed by atoms with E-state index in [2.05, 4.69) is 17.6 Å². The number of methoxy groups -OCH3 is 1. The van der Waals surface area contributed by atoms with Crippen LogP contribution in [-0.2, 0) is 11.3 Å². The molecule has 1 aliphatic rings. The Labute approximate surface area is 145 Å². The van der Waals surface area contributed by atoms with Crippen LogP contribution in [0.5, 0.6) is 11.5 Å². The monoisotopic (exact) mass is 346 g/mol. The number of ether oxygens (including phenoxy) is 2. The van der Waals surface area contributed by atoms with Crippen molar-refractivity contribution in [2.24, 2.45) is 0 Å². The number of hydrogen-bond acceptors (Lipinski definition) is 4. The van der Waals surface area contributed by atoms with Gasteiger partial charge in [0.2, 0.25) is 0 Å². The highest BCUT2D eigenvalue weighted by molar-refractivity contribution is 6.31. The molecule has 6 heteroatoms. The zero-order valence-electron chi connectivity index (χ0n) is 13.6. The van der Waals surface area contributed by atoms with Crippen molar-refractivity contribution in [3.63, 3.8) is 0 Å². The highest BCUT2D eigenvalue weighted by Gasteiger charge is 2.17. The molecule has 0 radical (unpaired) electrons. The average molecular weight is 347 g/mol. The van der Waals surface area contributed by atoms with E-state index in [1.807, 2.05) is 36.4 Å². The molecule has 0 saturated carbocycles. The smallest absolute Gasteiger partial charge is 0.262 e. The van der Waals surface area contributed by atoms with E-state index >= 15 is 0 Å². The first-order valence-corrected chi connectivity index (χ1v) is 8.07. The van der Waals surface area contributed by atoms with Gasteiger partial charge >= 0.3 is 0 Å². The fraction of sp³-hybridized carbons (Fsp3) is 0.278. The molecule has 0 saturated heterocycles. The molecule has 2 N–H and O–H groups in total. The van der Waals surface area contributed by atoms with Gasteiger partial charge in [-0.2, -0.15) is 0 Å². The van der Waals surface area contributed by atoms with Gasteiger partial charge in [0.05, 0.1) is 12.8 Å². The van der Waals surface area contributed by atoms with Crippen molar-refractivity contribution in [1.82, 2.24) is 5.32 Å². The molecule has 24 heavy (non-hydrogen) atoms. The Bertz CT molecular complexity index is 764. The van der Waals surface area contributed by atoms with Gasteiger partial charge in [0, 0.05) is 17.6 Å². The van der Waals surface area contributed by atoms with Gasteiger partial charge in [-0.25, -0.2) is 0 Å². The molecule has 0 fully saturated rings. The molecule has 0 bridgehead atoms. The third kappa shape index (κ3) is 3.63. The largest absolute Gasteiger partial charge is 0.497 e. The van der Waals surface area contributed by atoms with Gasteiger partial charge < -0.3 is 20.1 Å². The number of anilines is 1. The summed E-state index contributed by atoms with van der Waals surface area (Å²) in [6.07, 6.45) is 0. The summed E-state index contributed by atoms with van der Waals surface area (Å²) in [5.74, 6) is 1.34. The Hall–Kier alpha value is -2.24. The average Bonchev–Trinajstić information content (AvgIpc) is 2.60. The zero-order valence-corrected chi connectivity index (χ0v) is 14.3. The summed E-state index contributed by atoms with van der Waals surface area (Å²) in [4.78, 5) is 11.4. The Kier molecular flexibility index (Phi) is 4.92. The molecule has 2 aromatic carbocycles. The molecule has 1 aliphatic heterocycles. The second-order valence-corrected chi connectivity index (χ2v) is 6.06. The fourth-order valence-corrected chi connectivity index (χ4v) is 2.75. The van der Waals surface area contributed by atoms with E-state index in [0.717, 1.165) is 16.9 Å². The lowest BCUT2D eigenvalue weighted by Gasteiger charge is -2.21. The maximum atomic E-state index is 11.4. The number of amides is 1. The number of halogens is 1. The van der Waals surface area contributed by atoms with Crippen molar-refractivity contribution < 1.29 is 14.3 Å². The first-order valence-electron chi connectivity index (χ1n) is 7.69. The quantitative estimate of drug-likeness (QED) is 0.869.